The van der Waals surface area contributed by atoms with Crippen LogP contribution in [0.2, 0.25) is 0 Å². The number of benzene rings is 1. The van der Waals surface area contributed by atoms with Crippen LogP contribution in [0.4, 0.5) is 0 Å². The summed E-state index contributed by atoms with van der Waals surface area (Å²) in [5.41, 5.74) is 13.7. The maximum atomic E-state index is 12.6. The minimum absolute atomic E-state index is 0.167. The predicted molar refractivity (Wildman–Crippen MR) is 86.6 cm³/mol. The van der Waals surface area contributed by atoms with Gasteiger partial charge in [0.15, 0.2) is 5.78 Å². The molecule has 0 saturated heterocycles. The average molecular weight is 292 g/mol. The number of allylic oxidation sites excluding steroid dienone is 1. The molecule has 22 heavy (non-hydrogen) atoms. The quantitative estimate of drug-likeness (QED) is 0.839. The molecule has 1 aromatic heterocycles. The first kappa shape index (κ1) is 14.2. The molecule has 4 N–H and O–H groups in total. The van der Waals surface area contributed by atoms with E-state index < -0.39 is 5.54 Å². The van der Waals surface area contributed by atoms with Crippen molar-refractivity contribution in [1.82, 2.24) is 4.98 Å². The first-order valence-electron chi connectivity index (χ1n) is 6.91. The molecule has 1 atom stereocenters. The molecule has 0 radical (unpaired) electrons. The second-order valence-electron chi connectivity index (χ2n) is 5.23. The van der Waals surface area contributed by atoms with E-state index >= 15 is 0 Å². The normalized spacial score (nSPS) is 20.5. The van der Waals surface area contributed by atoms with Crippen molar-refractivity contribution in [3.63, 3.8) is 0 Å². The van der Waals surface area contributed by atoms with Crippen molar-refractivity contribution < 1.29 is 4.79 Å². The Bertz CT molecular complexity index is 750. The van der Waals surface area contributed by atoms with Crippen molar-refractivity contribution in [3.8, 4) is 11.1 Å². The van der Waals surface area contributed by atoms with Crippen molar-refractivity contribution in [2.45, 2.75) is 5.54 Å². The van der Waals surface area contributed by atoms with Gasteiger partial charge < -0.3 is 11.5 Å². The minimum Gasteiger partial charge on any atom is -0.400 e. The summed E-state index contributed by atoms with van der Waals surface area (Å²) in [7, 11) is 0. The van der Waals surface area contributed by atoms with Crippen molar-refractivity contribution in [2.24, 2.45) is 16.5 Å². The summed E-state index contributed by atoms with van der Waals surface area (Å²) in [4.78, 5) is 20.7. The van der Waals surface area contributed by atoms with Gasteiger partial charge in [0.2, 0.25) is 0 Å². The number of carbonyl (C=O) groups excluding carboxylic acids is 1. The summed E-state index contributed by atoms with van der Waals surface area (Å²) in [6, 6.07) is 11.1. The first-order chi connectivity index (χ1) is 10.6. The molecule has 0 saturated carbocycles. The van der Waals surface area contributed by atoms with E-state index in [9.17, 15) is 4.79 Å². The van der Waals surface area contributed by atoms with Crippen LogP contribution in [0, 0.1) is 0 Å². The lowest BCUT2D eigenvalue weighted by Crippen LogP contribution is -2.55. The molecule has 5 nitrogen and oxygen atoms in total. The third-order valence-electron chi connectivity index (χ3n) is 3.78. The summed E-state index contributed by atoms with van der Waals surface area (Å²) in [6.07, 6.45) is 6.61. The second-order valence-corrected chi connectivity index (χ2v) is 5.23. The third-order valence-corrected chi connectivity index (χ3v) is 3.78. The number of nitrogens with zero attached hydrogens (tertiary/aromatic N) is 2. The Balaban J connectivity index is 1.89. The van der Waals surface area contributed by atoms with E-state index in [1.807, 2.05) is 24.3 Å². The van der Waals surface area contributed by atoms with Crippen LogP contribution >= 0.6 is 0 Å². The van der Waals surface area contributed by atoms with E-state index in [2.05, 4.69) is 9.98 Å². The molecule has 0 fully saturated rings. The van der Waals surface area contributed by atoms with Crippen molar-refractivity contribution in [2.75, 3.05) is 6.54 Å². The second kappa shape index (κ2) is 5.54. The SMILES string of the molecule is NC1=CC=NCC1(N)C(=O)c1ccc(-c2ccncc2)cc1. The number of carbonyl (C=O) groups is 1. The van der Waals surface area contributed by atoms with Crippen LogP contribution < -0.4 is 11.5 Å². The van der Waals surface area contributed by atoms with Crippen LogP contribution in [-0.2, 0) is 0 Å². The number of rotatable bonds is 3. The van der Waals surface area contributed by atoms with Gasteiger partial charge in [-0.2, -0.15) is 0 Å². The van der Waals surface area contributed by atoms with Crippen LogP contribution in [0.25, 0.3) is 11.1 Å². The summed E-state index contributed by atoms with van der Waals surface area (Å²) in [5, 5.41) is 0. The van der Waals surface area contributed by atoms with Gasteiger partial charge in [0.05, 0.1) is 6.54 Å². The van der Waals surface area contributed by atoms with Crippen LogP contribution in [0.1, 0.15) is 10.4 Å². The Labute approximate surface area is 128 Å². The predicted octanol–water partition coefficient (Wildman–Crippen LogP) is 1.56. The minimum atomic E-state index is -1.26. The van der Waals surface area contributed by atoms with Gasteiger partial charge in [-0.25, -0.2) is 0 Å². The molecular weight excluding hydrogens is 276 g/mol. The molecular formula is C17H16N4O. The number of hydrogen-bond donors (Lipinski definition) is 2. The van der Waals surface area contributed by atoms with Crippen LogP contribution in [0.15, 0.2) is 65.6 Å². The summed E-state index contributed by atoms with van der Waals surface area (Å²) < 4.78 is 0. The fourth-order valence-corrected chi connectivity index (χ4v) is 2.39. The number of aliphatic imine (C=N–C) groups is 1. The van der Waals surface area contributed by atoms with Crippen molar-refractivity contribution >= 4 is 12.0 Å². The van der Waals surface area contributed by atoms with Crippen LogP contribution in [-0.4, -0.2) is 29.1 Å². The van der Waals surface area contributed by atoms with Crippen molar-refractivity contribution in [3.05, 3.63) is 66.1 Å². The van der Waals surface area contributed by atoms with E-state index in [4.69, 9.17) is 11.5 Å². The number of dihydropyridines is 1. The highest BCUT2D eigenvalue weighted by Gasteiger charge is 2.38. The van der Waals surface area contributed by atoms with Gasteiger partial charge in [0, 0.05) is 29.9 Å². The Hall–Kier alpha value is -2.79. The maximum absolute atomic E-state index is 12.6. The molecule has 2 aromatic rings. The van der Waals surface area contributed by atoms with Gasteiger partial charge in [-0.05, 0) is 29.3 Å². The highest BCUT2D eigenvalue weighted by molar-refractivity contribution is 6.06. The topological polar surface area (TPSA) is 94.4 Å². The van der Waals surface area contributed by atoms with E-state index in [1.165, 1.54) is 0 Å². The summed E-state index contributed by atoms with van der Waals surface area (Å²) >= 11 is 0. The third kappa shape index (κ3) is 2.42. The van der Waals surface area contributed by atoms with Gasteiger partial charge in [-0.15, -0.1) is 0 Å². The smallest absolute Gasteiger partial charge is 0.190 e. The van der Waals surface area contributed by atoms with Gasteiger partial charge in [-0.3, -0.25) is 14.8 Å². The fourth-order valence-electron chi connectivity index (χ4n) is 2.39. The molecule has 1 aliphatic rings. The van der Waals surface area contributed by atoms with Gasteiger partial charge in [0.1, 0.15) is 5.54 Å². The van der Waals surface area contributed by atoms with Gasteiger partial charge in [0.25, 0.3) is 0 Å². The molecule has 3 rings (SSSR count). The summed E-state index contributed by atoms with van der Waals surface area (Å²) in [5.74, 6) is -0.223. The van der Waals surface area contributed by atoms with Crippen LogP contribution in [0.5, 0.6) is 0 Å². The zero-order valence-electron chi connectivity index (χ0n) is 11.9. The zero-order chi connectivity index (χ0) is 15.6. The van der Waals surface area contributed by atoms with Gasteiger partial charge in [-0.1, -0.05) is 24.3 Å². The molecule has 1 unspecified atom stereocenters. The number of aromatic nitrogens is 1. The highest BCUT2D eigenvalue weighted by atomic mass is 16.1. The summed E-state index contributed by atoms with van der Waals surface area (Å²) in [6.45, 7) is 0.167. The lowest BCUT2D eigenvalue weighted by atomic mass is 9.85. The van der Waals surface area contributed by atoms with E-state index in [0.29, 0.717) is 11.3 Å². The number of hydrogen-bond acceptors (Lipinski definition) is 5. The van der Waals surface area contributed by atoms with Gasteiger partial charge >= 0.3 is 0 Å². The zero-order valence-corrected chi connectivity index (χ0v) is 11.9. The lowest BCUT2D eigenvalue weighted by molar-refractivity contribution is 0.0917. The number of Topliss-reactive ketones (excluding diaryl/α,β-unsaturated/α-hetero) is 1. The number of pyridine rings is 1. The standard InChI is InChI=1S/C17H16N4O/c18-15-7-10-21-11-17(15,19)16(22)14-3-1-12(2-4-14)13-5-8-20-9-6-13/h1-10H,11,18-19H2. The molecule has 0 bridgehead atoms. The Kier molecular flexibility index (Phi) is 3.56. The Morgan fingerprint density at radius 3 is 2.32 bits per heavy atom. The lowest BCUT2D eigenvalue weighted by Gasteiger charge is -2.28. The monoisotopic (exact) mass is 292 g/mol. The molecule has 0 aliphatic carbocycles. The number of nitrogens with two attached hydrogens (primary N) is 2. The Morgan fingerprint density at radius 2 is 1.68 bits per heavy atom. The van der Waals surface area contributed by atoms with E-state index in [0.717, 1.165) is 11.1 Å². The fraction of sp³-hybridized carbons (Fsp3) is 0.118. The molecule has 2 heterocycles. The molecule has 0 spiro atoms. The molecule has 110 valence electrons. The molecule has 0 amide bonds. The van der Waals surface area contributed by atoms with Crippen molar-refractivity contribution in [1.29, 1.82) is 0 Å². The molecule has 5 heteroatoms. The number of ketones is 1. The maximum Gasteiger partial charge on any atom is 0.190 e. The van der Waals surface area contributed by atoms with E-state index in [1.54, 1.807) is 36.8 Å². The Morgan fingerprint density at radius 1 is 1.05 bits per heavy atom. The molecule has 1 aliphatic heterocycles. The largest absolute Gasteiger partial charge is 0.400 e. The average Bonchev–Trinajstić information content (AvgIpc) is 2.58. The van der Waals surface area contributed by atoms with E-state index in [-0.39, 0.29) is 12.3 Å². The molecule has 1 aromatic carbocycles. The first-order valence-corrected chi connectivity index (χ1v) is 6.91. The van der Waals surface area contributed by atoms with Crippen LogP contribution in [0.3, 0.4) is 0 Å². The highest BCUT2D eigenvalue weighted by Crippen LogP contribution is 2.23.